The predicted octanol–water partition coefficient (Wildman–Crippen LogP) is 2.93. The lowest BCUT2D eigenvalue weighted by molar-refractivity contribution is -0.118. The first-order chi connectivity index (χ1) is 13.0. The maximum absolute atomic E-state index is 14.0. The number of amides is 3. The maximum atomic E-state index is 14.0. The zero-order valence-corrected chi connectivity index (χ0v) is 14.4. The van der Waals surface area contributed by atoms with Gasteiger partial charge < -0.3 is 4.90 Å². The molecule has 0 bridgehead atoms. The number of imide groups is 1. The Labute approximate surface area is 154 Å². The van der Waals surface area contributed by atoms with Crippen LogP contribution in [0.25, 0.3) is 0 Å². The van der Waals surface area contributed by atoms with Gasteiger partial charge in [0.1, 0.15) is 11.6 Å². The summed E-state index contributed by atoms with van der Waals surface area (Å²) in [5.74, 6) is -2.65. The molecule has 0 N–H and O–H groups in total. The number of anilines is 1. The number of rotatable bonds is 3. The van der Waals surface area contributed by atoms with Crippen LogP contribution in [0.15, 0.2) is 36.4 Å². The molecule has 0 aliphatic carbocycles. The van der Waals surface area contributed by atoms with Crippen LogP contribution in [0.1, 0.15) is 39.1 Å². The Kier molecular flexibility index (Phi) is 4.22. The molecular weight excluding hydrogens is 354 g/mol. The molecule has 0 saturated carbocycles. The Balaban J connectivity index is 1.51. The fraction of sp³-hybridized carbons (Fsp3) is 0.250. The first-order valence-electron chi connectivity index (χ1n) is 8.71. The summed E-state index contributed by atoms with van der Waals surface area (Å²) >= 11 is 0. The van der Waals surface area contributed by atoms with Crippen LogP contribution in [0.5, 0.6) is 0 Å². The third kappa shape index (κ3) is 2.89. The highest BCUT2D eigenvalue weighted by atomic mass is 19.1. The van der Waals surface area contributed by atoms with Gasteiger partial charge in [0, 0.05) is 31.1 Å². The van der Waals surface area contributed by atoms with E-state index in [2.05, 4.69) is 0 Å². The molecule has 0 radical (unpaired) electrons. The van der Waals surface area contributed by atoms with Crippen molar-refractivity contribution in [3.8, 4) is 0 Å². The maximum Gasteiger partial charge on any atom is 0.261 e. The van der Waals surface area contributed by atoms with E-state index >= 15 is 0 Å². The summed E-state index contributed by atoms with van der Waals surface area (Å²) in [5.41, 5.74) is 1.19. The second kappa shape index (κ2) is 6.57. The topological polar surface area (TPSA) is 57.7 Å². The molecule has 0 unspecified atom stereocenters. The van der Waals surface area contributed by atoms with Crippen molar-refractivity contribution in [1.82, 2.24) is 4.90 Å². The largest absolute Gasteiger partial charge is 0.312 e. The number of carbonyl (C=O) groups excluding carboxylic acids is 3. The van der Waals surface area contributed by atoms with E-state index in [9.17, 15) is 23.2 Å². The monoisotopic (exact) mass is 370 g/mol. The van der Waals surface area contributed by atoms with E-state index in [0.29, 0.717) is 36.1 Å². The molecule has 0 saturated heterocycles. The lowest BCUT2D eigenvalue weighted by Gasteiger charge is -2.30. The van der Waals surface area contributed by atoms with Crippen LogP contribution in [-0.2, 0) is 11.2 Å². The van der Waals surface area contributed by atoms with Gasteiger partial charge in [0.2, 0.25) is 5.91 Å². The standard InChI is InChI=1S/C20H16F2N2O3/c21-12-10-16(22)15-6-3-8-23(17(15)11-12)18(25)7-9-24-19(26)13-4-1-2-5-14(13)20(24)27/h1-2,4-5,10-11H,3,6-9H2. The minimum absolute atomic E-state index is 0.0746. The Morgan fingerprint density at radius 3 is 2.37 bits per heavy atom. The smallest absolute Gasteiger partial charge is 0.261 e. The van der Waals surface area contributed by atoms with E-state index in [-0.39, 0.29) is 24.6 Å². The molecule has 2 aliphatic rings. The SMILES string of the molecule is O=C1c2ccccc2C(=O)N1CCC(=O)N1CCCc2c(F)cc(F)cc21. The summed E-state index contributed by atoms with van der Waals surface area (Å²) in [4.78, 5) is 39.8. The number of nitrogens with zero attached hydrogens (tertiary/aromatic N) is 2. The van der Waals surface area contributed by atoms with Gasteiger partial charge in [-0.3, -0.25) is 19.3 Å². The second-order valence-electron chi connectivity index (χ2n) is 6.59. The van der Waals surface area contributed by atoms with E-state index in [0.717, 1.165) is 17.0 Å². The minimum atomic E-state index is -0.744. The molecule has 2 heterocycles. The van der Waals surface area contributed by atoms with E-state index in [1.807, 2.05) is 0 Å². The highest BCUT2D eigenvalue weighted by Crippen LogP contribution is 2.31. The van der Waals surface area contributed by atoms with Gasteiger partial charge in [0.25, 0.3) is 11.8 Å². The van der Waals surface area contributed by atoms with Crippen molar-refractivity contribution >= 4 is 23.4 Å². The quantitative estimate of drug-likeness (QED) is 0.781. The lowest BCUT2D eigenvalue weighted by atomic mass is 10.0. The van der Waals surface area contributed by atoms with Crippen molar-refractivity contribution in [1.29, 1.82) is 0 Å². The number of hydrogen-bond donors (Lipinski definition) is 0. The van der Waals surface area contributed by atoms with Crippen LogP contribution in [0.2, 0.25) is 0 Å². The van der Waals surface area contributed by atoms with E-state index < -0.39 is 23.4 Å². The van der Waals surface area contributed by atoms with Crippen LogP contribution < -0.4 is 4.90 Å². The van der Waals surface area contributed by atoms with Crippen LogP contribution in [0, 0.1) is 11.6 Å². The zero-order chi connectivity index (χ0) is 19.1. The highest BCUT2D eigenvalue weighted by Gasteiger charge is 2.35. The molecule has 0 atom stereocenters. The Morgan fingerprint density at radius 2 is 1.70 bits per heavy atom. The fourth-order valence-corrected chi connectivity index (χ4v) is 3.66. The number of carbonyl (C=O) groups is 3. The Morgan fingerprint density at radius 1 is 1.04 bits per heavy atom. The van der Waals surface area contributed by atoms with Crippen molar-refractivity contribution in [2.24, 2.45) is 0 Å². The normalized spacial score (nSPS) is 15.8. The molecular formula is C20H16F2N2O3. The van der Waals surface area contributed by atoms with Gasteiger partial charge in [-0.05, 0) is 31.0 Å². The van der Waals surface area contributed by atoms with Gasteiger partial charge in [-0.15, -0.1) is 0 Å². The first kappa shape index (κ1) is 17.3. The van der Waals surface area contributed by atoms with Crippen molar-refractivity contribution in [3.05, 3.63) is 64.7 Å². The zero-order valence-electron chi connectivity index (χ0n) is 14.4. The molecule has 3 amide bonds. The second-order valence-corrected chi connectivity index (χ2v) is 6.59. The molecule has 0 fully saturated rings. The number of benzene rings is 2. The predicted molar refractivity (Wildman–Crippen MR) is 93.5 cm³/mol. The molecule has 2 aromatic carbocycles. The molecule has 7 heteroatoms. The summed E-state index contributed by atoms with van der Waals surface area (Å²) in [7, 11) is 0. The third-order valence-electron chi connectivity index (χ3n) is 4.96. The first-order valence-corrected chi connectivity index (χ1v) is 8.71. The number of halogens is 2. The molecule has 5 nitrogen and oxygen atoms in total. The molecule has 27 heavy (non-hydrogen) atoms. The van der Waals surface area contributed by atoms with Gasteiger partial charge in [0.15, 0.2) is 0 Å². The van der Waals surface area contributed by atoms with Gasteiger partial charge in [-0.25, -0.2) is 8.78 Å². The summed E-state index contributed by atoms with van der Waals surface area (Å²) in [6, 6.07) is 8.45. The van der Waals surface area contributed by atoms with Gasteiger partial charge in [0.05, 0.1) is 16.8 Å². The lowest BCUT2D eigenvalue weighted by Crippen LogP contribution is -2.39. The van der Waals surface area contributed by atoms with Crippen LogP contribution >= 0.6 is 0 Å². The summed E-state index contributed by atoms with van der Waals surface area (Å²) in [6.07, 6.45) is 0.890. The summed E-state index contributed by atoms with van der Waals surface area (Å²) < 4.78 is 27.6. The Bertz CT molecular complexity index is 939. The van der Waals surface area contributed by atoms with E-state index in [4.69, 9.17) is 0 Å². The average Bonchev–Trinajstić information content (AvgIpc) is 2.90. The molecule has 138 valence electrons. The molecule has 2 aliphatic heterocycles. The molecule has 0 spiro atoms. The number of hydrogen-bond acceptors (Lipinski definition) is 3. The molecule has 0 aromatic heterocycles. The number of fused-ring (bicyclic) bond motifs is 2. The van der Waals surface area contributed by atoms with Crippen LogP contribution in [-0.4, -0.2) is 35.7 Å². The van der Waals surface area contributed by atoms with Crippen molar-refractivity contribution in [2.45, 2.75) is 19.3 Å². The fourth-order valence-electron chi connectivity index (χ4n) is 3.66. The summed E-state index contributed by atoms with van der Waals surface area (Å²) in [5, 5.41) is 0. The Hall–Kier alpha value is -3.09. The van der Waals surface area contributed by atoms with Crippen LogP contribution in [0.4, 0.5) is 14.5 Å². The van der Waals surface area contributed by atoms with Crippen molar-refractivity contribution in [3.63, 3.8) is 0 Å². The minimum Gasteiger partial charge on any atom is -0.312 e. The van der Waals surface area contributed by atoms with Gasteiger partial charge in [-0.1, -0.05) is 12.1 Å². The van der Waals surface area contributed by atoms with E-state index in [1.165, 1.54) is 4.90 Å². The molecule has 2 aromatic rings. The molecule has 4 rings (SSSR count). The van der Waals surface area contributed by atoms with Crippen molar-refractivity contribution < 1.29 is 23.2 Å². The summed E-state index contributed by atoms with van der Waals surface area (Å²) in [6.45, 7) is 0.270. The van der Waals surface area contributed by atoms with Gasteiger partial charge in [-0.2, -0.15) is 0 Å². The average molecular weight is 370 g/mol. The van der Waals surface area contributed by atoms with Crippen molar-refractivity contribution in [2.75, 3.05) is 18.0 Å². The van der Waals surface area contributed by atoms with Gasteiger partial charge >= 0.3 is 0 Å². The third-order valence-corrected chi connectivity index (χ3v) is 4.96. The van der Waals surface area contributed by atoms with E-state index in [1.54, 1.807) is 24.3 Å². The highest BCUT2D eigenvalue weighted by molar-refractivity contribution is 6.21. The van der Waals surface area contributed by atoms with Crippen LogP contribution in [0.3, 0.4) is 0 Å².